The van der Waals surface area contributed by atoms with Gasteiger partial charge in [-0.25, -0.2) is 8.78 Å². The molecular formula is C29H29ClF2N2O4. The molecule has 2 heterocycles. The number of hydrogen-bond acceptors (Lipinski definition) is 5. The Morgan fingerprint density at radius 2 is 2.00 bits per heavy atom. The number of methoxy groups -OCH3 is 1. The Bertz CT molecular complexity index is 1350. The summed E-state index contributed by atoms with van der Waals surface area (Å²) in [6, 6.07) is 8.56. The first-order valence-electron chi connectivity index (χ1n) is 12.4. The first kappa shape index (κ1) is 27.8. The molecule has 3 atom stereocenters. The molecule has 0 amide bonds. The lowest BCUT2D eigenvalue weighted by Gasteiger charge is -2.37. The van der Waals surface area contributed by atoms with Crippen molar-refractivity contribution in [3.05, 3.63) is 70.4 Å². The van der Waals surface area contributed by atoms with Crippen LogP contribution in [0, 0.1) is 35.3 Å². The average Bonchev–Trinajstić information content (AvgIpc) is 2.86. The maximum absolute atomic E-state index is 13.4. The SMILES string of the molecule is COc1ccc2ncc(Cl)c([C@@H](O)CC[C@@H]3CCN(CC#Cc4cc(F)cc(F)c4)C[C@@H]3CC(=O)O)c2c1. The van der Waals surface area contributed by atoms with Gasteiger partial charge in [0.05, 0.1) is 30.3 Å². The van der Waals surface area contributed by atoms with Crippen molar-refractivity contribution in [3.8, 4) is 17.6 Å². The number of halogens is 3. The van der Waals surface area contributed by atoms with Gasteiger partial charge in [0.1, 0.15) is 17.4 Å². The molecule has 2 N–H and O–H groups in total. The zero-order valence-electron chi connectivity index (χ0n) is 21.0. The standard InChI is InChI=1S/C29H29ClF2N2O4/c1-38-23-5-6-26-24(15-23)29(25(30)16-33-26)27(35)7-4-19-8-10-34(17-20(19)13-28(36)37)9-2-3-18-11-21(31)14-22(32)12-18/h5-6,11-12,14-16,19-20,27,35H,4,7-10,13,17H2,1H3,(H,36,37)/t19-,20+,27+/m1/s1. The number of carboxylic acid groups (broad SMARTS) is 1. The third-order valence-corrected chi connectivity index (χ3v) is 7.32. The van der Waals surface area contributed by atoms with E-state index in [-0.39, 0.29) is 23.8 Å². The molecule has 1 saturated heterocycles. The topological polar surface area (TPSA) is 82.9 Å². The molecule has 0 radical (unpaired) electrons. The Morgan fingerprint density at radius 1 is 1.24 bits per heavy atom. The van der Waals surface area contributed by atoms with Crippen molar-refractivity contribution in [1.82, 2.24) is 9.88 Å². The number of carboxylic acids is 1. The van der Waals surface area contributed by atoms with Crippen LogP contribution in [0.3, 0.4) is 0 Å². The van der Waals surface area contributed by atoms with E-state index in [9.17, 15) is 23.8 Å². The number of likely N-dealkylation sites (tertiary alicyclic amines) is 1. The molecule has 1 aliphatic heterocycles. The second-order valence-corrected chi connectivity index (χ2v) is 10.0. The number of carbonyl (C=O) groups is 1. The number of hydrogen-bond donors (Lipinski definition) is 2. The highest BCUT2D eigenvalue weighted by Gasteiger charge is 2.31. The van der Waals surface area contributed by atoms with Crippen molar-refractivity contribution in [2.45, 2.75) is 31.8 Å². The summed E-state index contributed by atoms with van der Waals surface area (Å²) in [6.07, 6.45) is 2.49. The number of benzene rings is 2. The van der Waals surface area contributed by atoms with Gasteiger partial charge >= 0.3 is 5.97 Å². The van der Waals surface area contributed by atoms with Gasteiger partial charge in [-0.05, 0) is 68.0 Å². The number of fused-ring (bicyclic) bond motifs is 1. The monoisotopic (exact) mass is 542 g/mol. The van der Waals surface area contributed by atoms with Crippen LogP contribution in [-0.4, -0.2) is 52.8 Å². The highest BCUT2D eigenvalue weighted by atomic mass is 35.5. The fourth-order valence-electron chi connectivity index (χ4n) is 5.16. The van der Waals surface area contributed by atoms with Gasteiger partial charge < -0.3 is 14.9 Å². The number of nitrogens with zero attached hydrogens (tertiary/aromatic N) is 2. The van der Waals surface area contributed by atoms with Gasteiger partial charge in [0.25, 0.3) is 0 Å². The summed E-state index contributed by atoms with van der Waals surface area (Å²) in [6.45, 7) is 1.61. The summed E-state index contributed by atoms with van der Waals surface area (Å²) in [7, 11) is 1.57. The van der Waals surface area contributed by atoms with Crippen LogP contribution in [0.2, 0.25) is 5.02 Å². The zero-order valence-corrected chi connectivity index (χ0v) is 21.7. The molecule has 0 aliphatic carbocycles. The third kappa shape index (κ3) is 6.98. The van der Waals surface area contributed by atoms with Crippen LogP contribution in [0.5, 0.6) is 5.75 Å². The number of aliphatic carboxylic acids is 1. The minimum atomic E-state index is -0.876. The summed E-state index contributed by atoms with van der Waals surface area (Å²) in [4.78, 5) is 18.0. The summed E-state index contributed by atoms with van der Waals surface area (Å²) in [5, 5.41) is 21.7. The highest BCUT2D eigenvalue weighted by Crippen LogP contribution is 2.37. The van der Waals surface area contributed by atoms with Crippen molar-refractivity contribution in [3.63, 3.8) is 0 Å². The Morgan fingerprint density at radius 3 is 2.71 bits per heavy atom. The second kappa shape index (κ2) is 12.5. The van der Waals surface area contributed by atoms with Gasteiger partial charge in [-0.3, -0.25) is 14.7 Å². The lowest BCUT2D eigenvalue weighted by molar-refractivity contribution is -0.139. The number of aliphatic hydroxyl groups is 1. The van der Waals surface area contributed by atoms with E-state index in [4.69, 9.17) is 16.3 Å². The van der Waals surface area contributed by atoms with Gasteiger partial charge in [0.2, 0.25) is 0 Å². The predicted octanol–water partition coefficient (Wildman–Crippen LogP) is 5.45. The summed E-state index contributed by atoms with van der Waals surface area (Å²) >= 11 is 6.44. The van der Waals surface area contributed by atoms with E-state index in [1.165, 1.54) is 18.3 Å². The molecule has 1 aliphatic rings. The first-order valence-corrected chi connectivity index (χ1v) is 12.8. The van der Waals surface area contributed by atoms with Crippen molar-refractivity contribution in [2.75, 3.05) is 26.7 Å². The minimum Gasteiger partial charge on any atom is -0.497 e. The Hall–Kier alpha value is -3.25. The molecular weight excluding hydrogens is 514 g/mol. The van der Waals surface area contributed by atoms with Crippen molar-refractivity contribution >= 4 is 28.5 Å². The number of rotatable bonds is 8. The Kier molecular flexibility index (Phi) is 9.16. The van der Waals surface area contributed by atoms with Gasteiger partial charge in [-0.1, -0.05) is 23.4 Å². The molecule has 0 bridgehead atoms. The van der Waals surface area contributed by atoms with Gasteiger partial charge in [0.15, 0.2) is 0 Å². The highest BCUT2D eigenvalue weighted by molar-refractivity contribution is 6.32. The predicted molar refractivity (Wildman–Crippen MR) is 141 cm³/mol. The van der Waals surface area contributed by atoms with Gasteiger partial charge in [-0.2, -0.15) is 0 Å². The van der Waals surface area contributed by atoms with E-state index in [1.807, 2.05) is 6.07 Å². The van der Waals surface area contributed by atoms with E-state index >= 15 is 0 Å². The van der Waals surface area contributed by atoms with Crippen LogP contribution < -0.4 is 4.74 Å². The lowest BCUT2D eigenvalue weighted by atomic mass is 9.79. The van der Waals surface area contributed by atoms with Crippen molar-refractivity contribution in [2.24, 2.45) is 11.8 Å². The van der Waals surface area contributed by atoms with E-state index < -0.39 is 23.7 Å². The van der Waals surface area contributed by atoms with Crippen LogP contribution in [0.25, 0.3) is 10.9 Å². The van der Waals surface area contributed by atoms with E-state index in [2.05, 4.69) is 21.7 Å². The maximum Gasteiger partial charge on any atom is 0.303 e. The molecule has 9 heteroatoms. The second-order valence-electron chi connectivity index (χ2n) is 9.60. The average molecular weight is 543 g/mol. The van der Waals surface area contributed by atoms with E-state index in [1.54, 1.807) is 19.2 Å². The Balaban J connectivity index is 1.42. The molecule has 200 valence electrons. The largest absolute Gasteiger partial charge is 0.497 e. The molecule has 1 fully saturated rings. The molecule has 0 spiro atoms. The van der Waals surface area contributed by atoms with Crippen LogP contribution in [0.4, 0.5) is 8.78 Å². The van der Waals surface area contributed by atoms with Crippen molar-refractivity contribution in [1.29, 1.82) is 0 Å². The Labute approximate surface area is 225 Å². The quantitative estimate of drug-likeness (QED) is 0.368. The fraction of sp³-hybridized carbons (Fsp3) is 0.379. The van der Waals surface area contributed by atoms with Gasteiger partial charge in [0, 0.05) is 41.7 Å². The normalized spacial score (nSPS) is 18.6. The summed E-state index contributed by atoms with van der Waals surface area (Å²) in [5.74, 6) is 4.10. The molecule has 1 aromatic heterocycles. The summed E-state index contributed by atoms with van der Waals surface area (Å²) < 4.78 is 32.1. The van der Waals surface area contributed by atoms with Crippen LogP contribution >= 0.6 is 11.6 Å². The van der Waals surface area contributed by atoms with Crippen LogP contribution in [0.1, 0.15) is 42.9 Å². The number of aromatic nitrogens is 1. The molecule has 0 unspecified atom stereocenters. The minimum absolute atomic E-state index is 0.00986. The molecule has 0 saturated carbocycles. The molecule has 6 nitrogen and oxygen atoms in total. The number of ether oxygens (including phenoxy) is 1. The smallest absolute Gasteiger partial charge is 0.303 e. The molecule has 2 aromatic carbocycles. The zero-order chi connectivity index (χ0) is 27.2. The van der Waals surface area contributed by atoms with Crippen LogP contribution in [0.15, 0.2) is 42.6 Å². The number of piperidine rings is 1. The summed E-state index contributed by atoms with van der Waals surface area (Å²) in [5.41, 5.74) is 1.55. The van der Waals surface area contributed by atoms with E-state index in [0.29, 0.717) is 54.3 Å². The molecule has 3 aromatic rings. The lowest BCUT2D eigenvalue weighted by Crippen LogP contribution is -2.41. The van der Waals surface area contributed by atoms with Crippen molar-refractivity contribution < 1.29 is 28.5 Å². The fourth-order valence-corrected chi connectivity index (χ4v) is 5.44. The maximum atomic E-state index is 13.4. The number of aliphatic hydroxyl groups excluding tert-OH is 1. The van der Waals surface area contributed by atoms with E-state index in [0.717, 1.165) is 17.9 Å². The molecule has 4 rings (SSSR count). The third-order valence-electron chi connectivity index (χ3n) is 7.02. The number of pyridine rings is 1. The molecule has 38 heavy (non-hydrogen) atoms. The first-order chi connectivity index (χ1) is 18.2. The van der Waals surface area contributed by atoms with Crippen LogP contribution in [-0.2, 0) is 4.79 Å². The van der Waals surface area contributed by atoms with Gasteiger partial charge in [-0.15, -0.1) is 0 Å².